The summed E-state index contributed by atoms with van der Waals surface area (Å²) in [5.41, 5.74) is 0. The van der Waals surface area contributed by atoms with Gasteiger partial charge in [-0.05, 0) is 33.6 Å². The lowest BCUT2D eigenvalue weighted by Crippen LogP contribution is -2.47. The molecule has 3 unspecified atom stereocenters. The van der Waals surface area contributed by atoms with Gasteiger partial charge in [0.2, 0.25) is 0 Å². The van der Waals surface area contributed by atoms with Crippen LogP contribution in [0.1, 0.15) is 20.3 Å². The summed E-state index contributed by atoms with van der Waals surface area (Å²) < 4.78 is 5.49. The van der Waals surface area contributed by atoms with Crippen LogP contribution in [0.15, 0.2) is 0 Å². The van der Waals surface area contributed by atoms with E-state index in [-0.39, 0.29) is 0 Å². The van der Waals surface area contributed by atoms with Gasteiger partial charge in [0, 0.05) is 30.4 Å². The molecular weight excluding hydrogens is 220 g/mol. The zero-order chi connectivity index (χ0) is 12.0. The van der Waals surface area contributed by atoms with Gasteiger partial charge in [0.1, 0.15) is 0 Å². The van der Waals surface area contributed by atoms with E-state index in [0.717, 1.165) is 19.8 Å². The predicted molar refractivity (Wildman–Crippen MR) is 72.3 cm³/mol. The van der Waals surface area contributed by atoms with Crippen molar-refractivity contribution in [1.29, 1.82) is 0 Å². The number of hydrogen-bond acceptors (Lipinski definition) is 4. The highest BCUT2D eigenvalue weighted by atomic mass is 32.2. The fourth-order valence-electron chi connectivity index (χ4n) is 2.14. The summed E-state index contributed by atoms with van der Waals surface area (Å²) >= 11 is 1.92. The monoisotopic (exact) mass is 246 g/mol. The van der Waals surface area contributed by atoms with Crippen LogP contribution in [-0.2, 0) is 4.74 Å². The van der Waals surface area contributed by atoms with Crippen LogP contribution < -0.4 is 5.32 Å². The van der Waals surface area contributed by atoms with E-state index < -0.39 is 0 Å². The average molecular weight is 246 g/mol. The number of ether oxygens (including phenoxy) is 1. The maximum atomic E-state index is 5.49. The molecule has 0 aromatic rings. The van der Waals surface area contributed by atoms with E-state index in [4.69, 9.17) is 4.74 Å². The van der Waals surface area contributed by atoms with Crippen molar-refractivity contribution in [2.75, 3.05) is 38.8 Å². The van der Waals surface area contributed by atoms with Crippen molar-refractivity contribution >= 4 is 11.8 Å². The third kappa shape index (κ3) is 4.62. The number of morpholine rings is 1. The molecule has 1 aliphatic rings. The lowest BCUT2D eigenvalue weighted by molar-refractivity contribution is 0.0619. The summed E-state index contributed by atoms with van der Waals surface area (Å²) in [5, 5.41) is 3.52. The van der Waals surface area contributed by atoms with Crippen LogP contribution in [0.25, 0.3) is 0 Å². The van der Waals surface area contributed by atoms with Crippen molar-refractivity contribution < 1.29 is 4.74 Å². The molecule has 3 nitrogen and oxygen atoms in total. The molecule has 1 rings (SSSR count). The summed E-state index contributed by atoms with van der Waals surface area (Å²) in [4.78, 5) is 2.48. The molecule has 0 aromatic heterocycles. The van der Waals surface area contributed by atoms with E-state index >= 15 is 0 Å². The van der Waals surface area contributed by atoms with Crippen molar-refractivity contribution in [3.8, 4) is 0 Å². The van der Waals surface area contributed by atoms with E-state index in [1.54, 1.807) is 0 Å². The molecule has 1 aliphatic heterocycles. The Balaban J connectivity index is 2.29. The molecule has 4 heteroatoms. The number of thioether (sulfide) groups is 1. The summed E-state index contributed by atoms with van der Waals surface area (Å²) in [7, 11) is 2.23. The Morgan fingerprint density at radius 3 is 2.75 bits per heavy atom. The van der Waals surface area contributed by atoms with Crippen LogP contribution in [-0.4, -0.2) is 61.8 Å². The van der Waals surface area contributed by atoms with Crippen molar-refractivity contribution in [1.82, 2.24) is 10.2 Å². The van der Waals surface area contributed by atoms with E-state index in [9.17, 15) is 0 Å². The molecule has 0 bridgehead atoms. The standard InChI is InChI=1S/C12H26N2OS/c1-10(14(3)11(2)9-16-4)7-12-8-15-6-5-13-12/h10-13H,5-9H2,1-4H3. The largest absolute Gasteiger partial charge is 0.379 e. The van der Waals surface area contributed by atoms with Gasteiger partial charge in [-0.15, -0.1) is 0 Å². The molecule has 96 valence electrons. The average Bonchev–Trinajstić information content (AvgIpc) is 2.29. The molecule has 3 atom stereocenters. The van der Waals surface area contributed by atoms with Gasteiger partial charge in [-0.3, -0.25) is 0 Å². The van der Waals surface area contributed by atoms with Crippen LogP contribution in [0.2, 0.25) is 0 Å². The molecule has 0 aliphatic carbocycles. The van der Waals surface area contributed by atoms with Crippen molar-refractivity contribution in [3.05, 3.63) is 0 Å². The number of hydrogen-bond donors (Lipinski definition) is 1. The Labute approximate surface area is 104 Å². The lowest BCUT2D eigenvalue weighted by atomic mass is 10.1. The molecule has 1 heterocycles. The van der Waals surface area contributed by atoms with Gasteiger partial charge in [0.25, 0.3) is 0 Å². The van der Waals surface area contributed by atoms with Gasteiger partial charge in [-0.25, -0.2) is 0 Å². The first-order valence-electron chi connectivity index (χ1n) is 6.17. The minimum atomic E-state index is 0.535. The summed E-state index contributed by atoms with van der Waals surface area (Å²) in [5.74, 6) is 1.20. The lowest BCUT2D eigenvalue weighted by Gasteiger charge is -2.34. The van der Waals surface area contributed by atoms with E-state index in [1.165, 1.54) is 12.2 Å². The van der Waals surface area contributed by atoms with Crippen LogP contribution in [0.3, 0.4) is 0 Å². The topological polar surface area (TPSA) is 24.5 Å². The van der Waals surface area contributed by atoms with Gasteiger partial charge in [-0.1, -0.05) is 0 Å². The zero-order valence-corrected chi connectivity index (χ0v) is 11.8. The zero-order valence-electron chi connectivity index (χ0n) is 11.0. The molecule has 1 fully saturated rings. The maximum Gasteiger partial charge on any atom is 0.0620 e. The molecule has 0 amide bonds. The first-order valence-corrected chi connectivity index (χ1v) is 7.56. The third-order valence-electron chi connectivity index (χ3n) is 3.42. The fourth-order valence-corrected chi connectivity index (χ4v) is 2.86. The van der Waals surface area contributed by atoms with Gasteiger partial charge in [-0.2, -0.15) is 11.8 Å². The van der Waals surface area contributed by atoms with Crippen LogP contribution in [0, 0.1) is 0 Å². The Morgan fingerprint density at radius 2 is 2.19 bits per heavy atom. The van der Waals surface area contributed by atoms with Gasteiger partial charge in [0.05, 0.1) is 13.2 Å². The van der Waals surface area contributed by atoms with Gasteiger partial charge >= 0.3 is 0 Å². The highest BCUT2D eigenvalue weighted by Gasteiger charge is 2.21. The Kier molecular flexibility index (Phi) is 6.73. The van der Waals surface area contributed by atoms with E-state index in [1.807, 2.05) is 11.8 Å². The van der Waals surface area contributed by atoms with Crippen LogP contribution in [0.5, 0.6) is 0 Å². The van der Waals surface area contributed by atoms with E-state index in [2.05, 4.69) is 37.4 Å². The summed E-state index contributed by atoms with van der Waals surface area (Å²) in [6.07, 6.45) is 3.35. The quantitative estimate of drug-likeness (QED) is 0.766. The predicted octanol–water partition coefficient (Wildman–Crippen LogP) is 1.44. The maximum absolute atomic E-state index is 5.49. The second-order valence-corrected chi connectivity index (χ2v) is 5.69. The van der Waals surface area contributed by atoms with Gasteiger partial charge in [0.15, 0.2) is 0 Å². The minimum absolute atomic E-state index is 0.535. The number of rotatable bonds is 6. The SMILES string of the molecule is CSCC(C)N(C)C(C)CC1COCCN1. The number of nitrogens with one attached hydrogen (secondary N) is 1. The van der Waals surface area contributed by atoms with Gasteiger partial charge < -0.3 is 15.0 Å². The molecular formula is C12H26N2OS. The normalized spacial score (nSPS) is 25.7. The second-order valence-electron chi connectivity index (χ2n) is 4.78. The van der Waals surface area contributed by atoms with Crippen molar-refractivity contribution in [2.45, 2.75) is 38.4 Å². The molecule has 0 spiro atoms. The minimum Gasteiger partial charge on any atom is -0.379 e. The molecule has 1 N–H and O–H groups in total. The summed E-state index contributed by atoms with van der Waals surface area (Å²) in [6.45, 7) is 7.35. The van der Waals surface area contributed by atoms with Crippen LogP contribution in [0.4, 0.5) is 0 Å². The number of nitrogens with zero attached hydrogens (tertiary/aromatic N) is 1. The first-order chi connectivity index (χ1) is 7.65. The first kappa shape index (κ1) is 14.3. The Morgan fingerprint density at radius 1 is 1.44 bits per heavy atom. The highest BCUT2D eigenvalue weighted by Crippen LogP contribution is 2.12. The van der Waals surface area contributed by atoms with E-state index in [0.29, 0.717) is 18.1 Å². The summed E-state index contributed by atoms with van der Waals surface area (Å²) in [6, 6.07) is 1.79. The van der Waals surface area contributed by atoms with Crippen molar-refractivity contribution in [3.63, 3.8) is 0 Å². The molecule has 0 saturated carbocycles. The molecule has 1 saturated heterocycles. The fraction of sp³-hybridized carbons (Fsp3) is 1.00. The molecule has 0 radical (unpaired) electrons. The highest BCUT2D eigenvalue weighted by molar-refractivity contribution is 7.98. The van der Waals surface area contributed by atoms with Crippen molar-refractivity contribution in [2.24, 2.45) is 0 Å². The Hall–Kier alpha value is 0.230. The molecule has 16 heavy (non-hydrogen) atoms. The molecule has 0 aromatic carbocycles. The van der Waals surface area contributed by atoms with Crippen LogP contribution >= 0.6 is 11.8 Å². The smallest absolute Gasteiger partial charge is 0.0620 e. The Bertz CT molecular complexity index is 186. The second kappa shape index (κ2) is 7.54. The third-order valence-corrected chi connectivity index (χ3v) is 4.24.